The lowest BCUT2D eigenvalue weighted by Gasteiger charge is -2.17. The van der Waals surface area contributed by atoms with E-state index < -0.39 is 0 Å². The van der Waals surface area contributed by atoms with Crippen LogP contribution in [0.3, 0.4) is 0 Å². The van der Waals surface area contributed by atoms with Gasteiger partial charge in [0.2, 0.25) is 5.91 Å². The second-order valence-electron chi connectivity index (χ2n) is 5.99. The van der Waals surface area contributed by atoms with Crippen LogP contribution in [-0.4, -0.2) is 38.6 Å². The Kier molecular flexibility index (Phi) is 6.83. The molecule has 2 aromatic carbocycles. The van der Waals surface area contributed by atoms with Crippen LogP contribution in [0.15, 0.2) is 42.5 Å². The summed E-state index contributed by atoms with van der Waals surface area (Å²) in [7, 11) is 5.09. The van der Waals surface area contributed by atoms with Crippen LogP contribution in [0.5, 0.6) is 11.5 Å². The maximum absolute atomic E-state index is 12.3. The maximum atomic E-state index is 12.3. The predicted molar refractivity (Wildman–Crippen MR) is 100 cm³/mol. The van der Waals surface area contributed by atoms with Crippen LogP contribution >= 0.6 is 0 Å². The summed E-state index contributed by atoms with van der Waals surface area (Å²) in [5, 5.41) is 2.89. The molecule has 0 unspecified atom stereocenters. The van der Waals surface area contributed by atoms with Gasteiger partial charge in [0.25, 0.3) is 0 Å². The Labute approximate surface area is 149 Å². The Bertz CT molecular complexity index is 676. The van der Waals surface area contributed by atoms with Gasteiger partial charge in [0, 0.05) is 30.4 Å². The van der Waals surface area contributed by atoms with Crippen molar-refractivity contribution in [3.8, 4) is 11.5 Å². The van der Waals surface area contributed by atoms with Gasteiger partial charge in [0.15, 0.2) is 0 Å². The van der Waals surface area contributed by atoms with Crippen LogP contribution in [0.1, 0.15) is 18.1 Å². The van der Waals surface area contributed by atoms with Crippen LogP contribution in [0.25, 0.3) is 0 Å². The standard InChI is InChI=1S/C20H26N2O3/c1-5-15-6-8-16(9-7-15)13-22(2)14-20(23)21-17-10-18(24-3)12-19(11-17)25-4/h6-12H,5,13-14H2,1-4H3,(H,21,23). The van der Waals surface area contributed by atoms with Gasteiger partial charge in [-0.1, -0.05) is 31.2 Å². The normalized spacial score (nSPS) is 10.6. The van der Waals surface area contributed by atoms with Gasteiger partial charge in [-0.2, -0.15) is 0 Å². The van der Waals surface area contributed by atoms with Crippen molar-refractivity contribution in [3.63, 3.8) is 0 Å². The molecule has 2 aromatic rings. The zero-order valence-corrected chi connectivity index (χ0v) is 15.3. The smallest absolute Gasteiger partial charge is 0.238 e. The zero-order valence-electron chi connectivity index (χ0n) is 15.3. The van der Waals surface area contributed by atoms with E-state index in [4.69, 9.17) is 9.47 Å². The van der Waals surface area contributed by atoms with E-state index in [0.717, 1.165) is 13.0 Å². The number of amides is 1. The Morgan fingerprint density at radius 2 is 1.56 bits per heavy atom. The molecule has 25 heavy (non-hydrogen) atoms. The van der Waals surface area contributed by atoms with Gasteiger partial charge in [0.1, 0.15) is 11.5 Å². The van der Waals surface area contributed by atoms with Crippen molar-refractivity contribution in [2.75, 3.05) is 33.1 Å². The Balaban J connectivity index is 1.92. The number of benzene rings is 2. The summed E-state index contributed by atoms with van der Waals surface area (Å²) in [4.78, 5) is 14.3. The molecule has 1 N–H and O–H groups in total. The first kappa shape index (κ1) is 18.8. The number of likely N-dealkylation sites (N-methyl/N-ethyl adjacent to an activating group) is 1. The lowest BCUT2D eigenvalue weighted by molar-refractivity contribution is -0.117. The predicted octanol–water partition coefficient (Wildman–Crippen LogP) is 3.34. The van der Waals surface area contributed by atoms with E-state index in [1.807, 2.05) is 11.9 Å². The highest BCUT2D eigenvalue weighted by molar-refractivity contribution is 5.92. The van der Waals surface area contributed by atoms with Crippen molar-refractivity contribution in [2.24, 2.45) is 0 Å². The molecule has 5 heteroatoms. The highest BCUT2D eigenvalue weighted by Crippen LogP contribution is 2.25. The van der Waals surface area contributed by atoms with Crippen LogP contribution in [0.4, 0.5) is 5.69 Å². The van der Waals surface area contributed by atoms with E-state index in [9.17, 15) is 4.79 Å². The minimum atomic E-state index is -0.0806. The molecule has 1 amide bonds. The van der Waals surface area contributed by atoms with E-state index in [2.05, 4.69) is 36.5 Å². The number of rotatable bonds is 8. The lowest BCUT2D eigenvalue weighted by atomic mass is 10.1. The first-order valence-corrected chi connectivity index (χ1v) is 8.33. The number of methoxy groups -OCH3 is 2. The number of aryl methyl sites for hydroxylation is 1. The number of carbonyl (C=O) groups is 1. The molecule has 2 rings (SSSR count). The average Bonchev–Trinajstić information content (AvgIpc) is 2.61. The molecule has 0 radical (unpaired) electrons. The first-order chi connectivity index (χ1) is 12.0. The molecule has 0 aromatic heterocycles. The van der Waals surface area contributed by atoms with Gasteiger partial charge in [-0.3, -0.25) is 9.69 Å². The second-order valence-corrected chi connectivity index (χ2v) is 5.99. The van der Waals surface area contributed by atoms with E-state index >= 15 is 0 Å². The highest BCUT2D eigenvalue weighted by atomic mass is 16.5. The summed E-state index contributed by atoms with van der Waals surface area (Å²) >= 11 is 0. The van der Waals surface area contributed by atoms with Crippen LogP contribution in [-0.2, 0) is 17.8 Å². The number of ether oxygens (including phenoxy) is 2. The number of anilines is 1. The lowest BCUT2D eigenvalue weighted by Crippen LogP contribution is -2.29. The number of nitrogens with one attached hydrogen (secondary N) is 1. The summed E-state index contributed by atoms with van der Waals surface area (Å²) in [6, 6.07) is 13.8. The molecular weight excluding hydrogens is 316 g/mol. The minimum Gasteiger partial charge on any atom is -0.497 e. The summed E-state index contributed by atoms with van der Waals surface area (Å²) in [6.45, 7) is 3.16. The van der Waals surface area contributed by atoms with Gasteiger partial charge in [-0.05, 0) is 24.6 Å². The highest BCUT2D eigenvalue weighted by Gasteiger charge is 2.09. The fourth-order valence-electron chi connectivity index (χ4n) is 2.57. The molecule has 0 aliphatic heterocycles. The van der Waals surface area contributed by atoms with E-state index in [1.165, 1.54) is 11.1 Å². The molecule has 0 saturated heterocycles. The molecule has 0 heterocycles. The molecule has 0 aliphatic rings. The van der Waals surface area contributed by atoms with Gasteiger partial charge in [-0.15, -0.1) is 0 Å². The number of hydrogen-bond acceptors (Lipinski definition) is 4. The first-order valence-electron chi connectivity index (χ1n) is 8.33. The van der Waals surface area contributed by atoms with Crippen molar-refractivity contribution >= 4 is 11.6 Å². The molecule has 0 spiro atoms. The van der Waals surface area contributed by atoms with Gasteiger partial charge < -0.3 is 14.8 Å². The van der Waals surface area contributed by atoms with E-state index in [0.29, 0.717) is 23.7 Å². The molecule has 5 nitrogen and oxygen atoms in total. The van der Waals surface area contributed by atoms with Gasteiger partial charge >= 0.3 is 0 Å². The van der Waals surface area contributed by atoms with Crippen LogP contribution in [0.2, 0.25) is 0 Å². The summed E-state index contributed by atoms with van der Waals surface area (Å²) in [6.07, 6.45) is 1.03. The van der Waals surface area contributed by atoms with Crippen molar-refractivity contribution in [1.82, 2.24) is 4.90 Å². The maximum Gasteiger partial charge on any atom is 0.238 e. The number of hydrogen-bond donors (Lipinski definition) is 1. The van der Waals surface area contributed by atoms with Crippen molar-refractivity contribution in [1.29, 1.82) is 0 Å². The Morgan fingerprint density at radius 1 is 1.00 bits per heavy atom. The van der Waals surface area contributed by atoms with E-state index in [1.54, 1.807) is 32.4 Å². The number of carbonyl (C=O) groups excluding carboxylic acids is 1. The fraction of sp³-hybridized carbons (Fsp3) is 0.350. The monoisotopic (exact) mass is 342 g/mol. The molecular formula is C20H26N2O3. The van der Waals surface area contributed by atoms with Crippen molar-refractivity contribution in [3.05, 3.63) is 53.6 Å². The van der Waals surface area contributed by atoms with Crippen molar-refractivity contribution < 1.29 is 14.3 Å². The third kappa shape index (κ3) is 5.80. The largest absolute Gasteiger partial charge is 0.497 e. The SMILES string of the molecule is CCc1ccc(CN(C)CC(=O)Nc2cc(OC)cc(OC)c2)cc1. The Morgan fingerprint density at radius 3 is 2.08 bits per heavy atom. The molecule has 0 fully saturated rings. The minimum absolute atomic E-state index is 0.0806. The van der Waals surface area contributed by atoms with Crippen LogP contribution in [0, 0.1) is 0 Å². The quantitative estimate of drug-likeness (QED) is 0.799. The third-order valence-corrected chi connectivity index (χ3v) is 3.93. The topological polar surface area (TPSA) is 50.8 Å². The molecule has 0 aliphatic carbocycles. The van der Waals surface area contributed by atoms with Gasteiger partial charge in [-0.25, -0.2) is 0 Å². The molecule has 0 saturated carbocycles. The second kappa shape index (κ2) is 9.08. The Hall–Kier alpha value is -2.53. The fourth-order valence-corrected chi connectivity index (χ4v) is 2.57. The van der Waals surface area contributed by atoms with Crippen molar-refractivity contribution in [2.45, 2.75) is 19.9 Å². The molecule has 0 atom stereocenters. The summed E-state index contributed by atoms with van der Waals surface area (Å²) in [5.74, 6) is 1.20. The molecule has 0 bridgehead atoms. The number of nitrogens with zero attached hydrogens (tertiary/aromatic N) is 1. The zero-order chi connectivity index (χ0) is 18.2. The van der Waals surface area contributed by atoms with Crippen LogP contribution < -0.4 is 14.8 Å². The summed E-state index contributed by atoms with van der Waals surface area (Å²) < 4.78 is 10.4. The average molecular weight is 342 g/mol. The molecule has 134 valence electrons. The van der Waals surface area contributed by atoms with E-state index in [-0.39, 0.29) is 5.91 Å². The summed E-state index contributed by atoms with van der Waals surface area (Å²) in [5.41, 5.74) is 3.16. The van der Waals surface area contributed by atoms with Gasteiger partial charge in [0.05, 0.1) is 20.8 Å². The third-order valence-electron chi connectivity index (χ3n) is 3.93.